The van der Waals surface area contributed by atoms with Crippen LogP contribution in [0.15, 0.2) is 0 Å². The Morgan fingerprint density at radius 1 is 0.714 bits per heavy atom. The first kappa shape index (κ1) is 35.9. The highest BCUT2D eigenvalue weighted by molar-refractivity contribution is 6.31. The van der Waals surface area contributed by atoms with Crippen LogP contribution in [0.5, 0.6) is 0 Å². The van der Waals surface area contributed by atoms with Gasteiger partial charge in [-0.3, -0.25) is 19.4 Å². The number of alkyl halides is 2. The molecule has 0 heterocycles. The van der Waals surface area contributed by atoms with E-state index in [0.717, 1.165) is 19.3 Å². The van der Waals surface area contributed by atoms with Crippen LogP contribution in [0.2, 0.25) is 0 Å². The van der Waals surface area contributed by atoms with Crippen LogP contribution in [0.4, 0.5) is 0 Å². The number of ketones is 2. The molecule has 0 aromatic rings. The third-order valence-corrected chi connectivity index (χ3v) is 5.35. The Balaban J connectivity index is 0. The third-order valence-electron chi connectivity index (χ3n) is 4.82. The number of rotatable bonds is 21. The fourth-order valence-electron chi connectivity index (χ4n) is 2.62. The first-order chi connectivity index (χ1) is 16.7. The molecular weight excluding hydrogens is 499 g/mol. The molecule has 0 saturated carbocycles. The van der Waals surface area contributed by atoms with Crippen LogP contribution in [0.3, 0.4) is 0 Å². The van der Waals surface area contributed by atoms with Crippen molar-refractivity contribution in [2.24, 2.45) is 0 Å². The number of carbonyl (C=O) groups is 4. The van der Waals surface area contributed by atoms with Crippen molar-refractivity contribution in [2.45, 2.75) is 123 Å². The van der Waals surface area contributed by atoms with E-state index in [0.29, 0.717) is 12.8 Å². The molecule has 2 unspecified atom stereocenters. The van der Waals surface area contributed by atoms with E-state index in [1.54, 1.807) is 6.92 Å². The average Bonchev–Trinajstić information content (AvgIpc) is 2.83. The van der Waals surface area contributed by atoms with Crippen LogP contribution in [-0.4, -0.2) is 47.5 Å². The zero-order valence-corrected chi connectivity index (χ0v) is 23.3. The van der Waals surface area contributed by atoms with Gasteiger partial charge in [-0.2, -0.15) is 9.78 Å². The Hall–Kier alpha value is -1.22. The topological polar surface area (TPSA) is 105 Å². The van der Waals surface area contributed by atoms with Gasteiger partial charge in [-0.05, 0) is 19.8 Å². The second kappa shape index (κ2) is 25.9. The molecule has 0 aromatic heterocycles. The lowest BCUT2D eigenvalue weighted by Crippen LogP contribution is -2.27. The van der Waals surface area contributed by atoms with Crippen molar-refractivity contribution in [3.05, 3.63) is 0 Å². The van der Waals surface area contributed by atoms with Gasteiger partial charge >= 0.3 is 11.9 Å². The molecule has 0 radical (unpaired) electrons. The van der Waals surface area contributed by atoms with E-state index in [9.17, 15) is 19.2 Å². The summed E-state index contributed by atoms with van der Waals surface area (Å²) in [5.74, 6) is -1.37. The molecule has 35 heavy (non-hydrogen) atoms. The van der Waals surface area contributed by atoms with E-state index in [2.05, 4.69) is 21.6 Å². The van der Waals surface area contributed by atoms with Crippen molar-refractivity contribution < 1.29 is 38.7 Å². The molecule has 0 saturated heterocycles. The quantitative estimate of drug-likeness (QED) is 0.0706. The summed E-state index contributed by atoms with van der Waals surface area (Å²) in [6.45, 7) is 6.94. The summed E-state index contributed by atoms with van der Waals surface area (Å²) < 4.78 is 0. The second-order valence-corrected chi connectivity index (χ2v) is 9.11. The Morgan fingerprint density at radius 2 is 1.29 bits per heavy atom. The summed E-state index contributed by atoms with van der Waals surface area (Å²) in [4.78, 5) is 62.4. The highest BCUT2D eigenvalue weighted by Crippen LogP contribution is 2.12. The highest BCUT2D eigenvalue weighted by atomic mass is 35.5. The molecule has 0 spiro atoms. The first-order valence-electron chi connectivity index (χ1n) is 12.7. The minimum atomic E-state index is -0.841. The molecule has 0 rings (SSSR count). The molecule has 0 aliphatic rings. The summed E-state index contributed by atoms with van der Waals surface area (Å²) in [6.07, 6.45) is 11.6. The first-order valence-corrected chi connectivity index (χ1v) is 13.6. The van der Waals surface area contributed by atoms with Crippen LogP contribution in [0.25, 0.3) is 0 Å². The van der Waals surface area contributed by atoms with Gasteiger partial charge in [-0.25, -0.2) is 9.59 Å². The molecule has 0 N–H and O–H groups in total. The smallest absolute Gasteiger partial charge is 0.298 e. The SMILES string of the molecule is CCC(=O)OOCC(=O)C(C)Cl.CCCCCCCCCCCC(=O)C(CCl)OOC(=O)CCC. The Labute approximate surface area is 220 Å². The summed E-state index contributed by atoms with van der Waals surface area (Å²) in [5.41, 5.74) is 0. The molecule has 0 amide bonds. The van der Waals surface area contributed by atoms with Gasteiger partial charge in [0.15, 0.2) is 24.3 Å². The Bertz CT molecular complexity index is 570. The molecule has 0 aliphatic heterocycles. The maximum atomic E-state index is 12.0. The third kappa shape index (κ3) is 24.3. The largest absolute Gasteiger partial charge is 0.342 e. The summed E-state index contributed by atoms with van der Waals surface area (Å²) >= 11 is 11.1. The van der Waals surface area contributed by atoms with Crippen LogP contribution < -0.4 is 0 Å². The van der Waals surface area contributed by atoms with Crippen molar-refractivity contribution in [3.63, 3.8) is 0 Å². The predicted molar refractivity (Wildman–Crippen MR) is 136 cm³/mol. The fraction of sp³-hybridized carbons (Fsp3) is 0.840. The van der Waals surface area contributed by atoms with E-state index in [1.165, 1.54) is 45.4 Å². The van der Waals surface area contributed by atoms with Gasteiger partial charge in [0.1, 0.15) is 0 Å². The number of Topliss-reactive ketones (excluding diaryl/α,β-unsaturated/α-hetero) is 2. The van der Waals surface area contributed by atoms with Gasteiger partial charge in [0.25, 0.3) is 0 Å². The van der Waals surface area contributed by atoms with Gasteiger partial charge in [-0.15, -0.1) is 23.2 Å². The highest BCUT2D eigenvalue weighted by Gasteiger charge is 2.20. The van der Waals surface area contributed by atoms with E-state index in [4.69, 9.17) is 28.1 Å². The van der Waals surface area contributed by atoms with Gasteiger partial charge in [-0.1, -0.05) is 72.1 Å². The predicted octanol–water partition coefficient (Wildman–Crippen LogP) is 6.43. The van der Waals surface area contributed by atoms with E-state index >= 15 is 0 Å². The number of carbonyl (C=O) groups excluding carboxylic acids is 4. The van der Waals surface area contributed by atoms with Crippen molar-refractivity contribution in [1.29, 1.82) is 0 Å². The number of hydrogen-bond acceptors (Lipinski definition) is 8. The monoisotopic (exact) mass is 542 g/mol. The van der Waals surface area contributed by atoms with Crippen LogP contribution in [-0.2, 0) is 38.7 Å². The van der Waals surface area contributed by atoms with Crippen molar-refractivity contribution in [2.75, 3.05) is 12.5 Å². The number of unbranched alkanes of at least 4 members (excludes halogenated alkanes) is 8. The van der Waals surface area contributed by atoms with Crippen molar-refractivity contribution in [1.82, 2.24) is 0 Å². The van der Waals surface area contributed by atoms with Crippen molar-refractivity contribution in [3.8, 4) is 0 Å². The molecule has 10 heteroatoms. The zero-order chi connectivity index (χ0) is 26.9. The molecule has 0 fully saturated rings. The van der Waals surface area contributed by atoms with Gasteiger partial charge in [0.2, 0.25) is 0 Å². The standard InChI is InChI=1S/C18H33ClO4.C7H11ClO4/c1-3-5-6-7-8-9-10-11-12-14-16(20)17(15-19)22-23-18(21)13-4-2;1-3-7(10)12-11-4-6(9)5(2)8/h17H,3-15H2,1-2H3;5H,3-4H2,1-2H3. The average molecular weight is 544 g/mol. The molecule has 206 valence electrons. The Morgan fingerprint density at radius 3 is 1.77 bits per heavy atom. The van der Waals surface area contributed by atoms with Crippen molar-refractivity contribution >= 4 is 46.7 Å². The molecule has 0 bridgehead atoms. The summed E-state index contributed by atoms with van der Waals surface area (Å²) in [5, 5.41) is -0.620. The maximum absolute atomic E-state index is 12.0. The zero-order valence-electron chi connectivity index (χ0n) is 21.8. The van der Waals surface area contributed by atoms with Crippen LogP contribution in [0, 0.1) is 0 Å². The Kier molecular flexibility index (Phi) is 26.6. The maximum Gasteiger partial charge on any atom is 0.342 e. The van der Waals surface area contributed by atoms with Gasteiger partial charge in [0, 0.05) is 19.3 Å². The molecule has 8 nitrogen and oxygen atoms in total. The fourth-order valence-corrected chi connectivity index (χ4v) is 2.91. The summed E-state index contributed by atoms with van der Waals surface area (Å²) in [7, 11) is 0. The van der Waals surface area contributed by atoms with Crippen LogP contribution >= 0.6 is 23.2 Å². The normalized spacial score (nSPS) is 12.2. The van der Waals surface area contributed by atoms with E-state index < -0.39 is 23.4 Å². The second-order valence-electron chi connectivity index (χ2n) is 8.14. The number of hydrogen-bond donors (Lipinski definition) is 0. The van der Waals surface area contributed by atoms with E-state index in [-0.39, 0.29) is 36.9 Å². The lowest BCUT2D eigenvalue weighted by atomic mass is 10.0. The summed E-state index contributed by atoms with van der Waals surface area (Å²) in [6, 6.07) is 0. The minimum Gasteiger partial charge on any atom is -0.298 e. The lowest BCUT2D eigenvalue weighted by molar-refractivity contribution is -0.287. The van der Waals surface area contributed by atoms with Crippen LogP contribution in [0.1, 0.15) is 111 Å². The number of halogens is 2. The molecule has 0 aromatic carbocycles. The lowest BCUT2D eigenvalue weighted by Gasteiger charge is -2.12. The van der Waals surface area contributed by atoms with Gasteiger partial charge < -0.3 is 0 Å². The molecular formula is C25H44Cl2O8. The minimum absolute atomic E-state index is 0.00959. The molecule has 2 atom stereocenters. The van der Waals surface area contributed by atoms with Gasteiger partial charge in [0.05, 0.1) is 11.3 Å². The van der Waals surface area contributed by atoms with E-state index in [1.807, 2.05) is 6.92 Å². The molecule has 0 aliphatic carbocycles.